The molecule has 0 saturated carbocycles. The lowest BCUT2D eigenvalue weighted by molar-refractivity contribution is -0.136. The van der Waals surface area contributed by atoms with Gasteiger partial charge >= 0.3 is 0 Å². The zero-order chi connectivity index (χ0) is 24.1. The van der Waals surface area contributed by atoms with Crippen LogP contribution in [0.2, 0.25) is 0 Å². The number of rotatable bonds is 9. The Kier molecular flexibility index (Phi) is 7.53. The fourth-order valence-corrected chi connectivity index (χ4v) is 4.23. The van der Waals surface area contributed by atoms with Crippen LogP contribution in [0, 0.1) is 5.92 Å². The first-order chi connectivity index (χ1) is 16.5. The number of methoxy groups -OCH3 is 1. The van der Waals surface area contributed by atoms with E-state index in [-0.39, 0.29) is 17.9 Å². The molecule has 1 atom stereocenters. The van der Waals surface area contributed by atoms with Gasteiger partial charge < -0.3 is 19.1 Å². The summed E-state index contributed by atoms with van der Waals surface area (Å²) in [6, 6.07) is 17.4. The number of ether oxygens (including phenoxy) is 3. The minimum Gasteiger partial charge on any atom is -0.497 e. The lowest BCUT2D eigenvalue weighted by Gasteiger charge is -2.27. The van der Waals surface area contributed by atoms with Crippen LogP contribution in [-0.2, 0) is 23.1 Å². The average Bonchev–Trinajstić information content (AvgIpc) is 3.47. The topological polar surface area (TPSA) is 65.8 Å². The maximum Gasteiger partial charge on any atom is 0.225 e. The molecule has 1 fully saturated rings. The van der Waals surface area contributed by atoms with Crippen molar-refractivity contribution in [3.63, 3.8) is 0 Å². The fourth-order valence-electron chi connectivity index (χ4n) is 4.23. The standard InChI is InChI=1S/C27H33N3O4/c1-19(2)26(31)30(17-23-11-8-16-33-23)18-24-25(20-9-6-5-7-10-20)28-29(3)27(24)34-22-14-12-21(32-4)13-15-22/h5-7,9-10,12-15,19,23H,8,11,16-18H2,1-4H3/t23-/m0/s1. The molecule has 1 aromatic heterocycles. The zero-order valence-electron chi connectivity index (χ0n) is 20.4. The van der Waals surface area contributed by atoms with Gasteiger partial charge in [0.15, 0.2) is 0 Å². The highest BCUT2D eigenvalue weighted by Gasteiger charge is 2.28. The summed E-state index contributed by atoms with van der Waals surface area (Å²) in [4.78, 5) is 15.1. The highest BCUT2D eigenvalue weighted by molar-refractivity contribution is 5.78. The van der Waals surface area contributed by atoms with Gasteiger partial charge in [-0.2, -0.15) is 5.10 Å². The summed E-state index contributed by atoms with van der Waals surface area (Å²) in [6.45, 7) is 5.56. The Morgan fingerprint density at radius 3 is 2.47 bits per heavy atom. The zero-order valence-corrected chi connectivity index (χ0v) is 20.4. The normalized spacial score (nSPS) is 15.5. The average molecular weight is 464 g/mol. The highest BCUT2D eigenvalue weighted by Crippen LogP contribution is 2.35. The van der Waals surface area contributed by atoms with E-state index in [9.17, 15) is 4.79 Å². The van der Waals surface area contributed by atoms with Crippen LogP contribution < -0.4 is 9.47 Å². The molecular formula is C27H33N3O4. The first kappa shape index (κ1) is 23.8. The van der Waals surface area contributed by atoms with Crippen molar-refractivity contribution in [2.45, 2.75) is 39.3 Å². The van der Waals surface area contributed by atoms with E-state index < -0.39 is 0 Å². The second-order valence-electron chi connectivity index (χ2n) is 8.91. The molecule has 34 heavy (non-hydrogen) atoms. The number of carbonyl (C=O) groups excluding carboxylic acids is 1. The van der Waals surface area contributed by atoms with Crippen molar-refractivity contribution in [2.24, 2.45) is 13.0 Å². The Hall–Kier alpha value is -3.32. The molecule has 0 N–H and O–H groups in total. The Labute approximate surface area is 201 Å². The second-order valence-corrected chi connectivity index (χ2v) is 8.91. The van der Waals surface area contributed by atoms with Gasteiger partial charge in [0.2, 0.25) is 11.8 Å². The molecule has 7 nitrogen and oxygen atoms in total. The van der Waals surface area contributed by atoms with E-state index in [2.05, 4.69) is 0 Å². The summed E-state index contributed by atoms with van der Waals surface area (Å²) >= 11 is 0. The predicted molar refractivity (Wildman–Crippen MR) is 131 cm³/mol. The van der Waals surface area contributed by atoms with Crippen LogP contribution in [0.15, 0.2) is 54.6 Å². The molecule has 3 aromatic rings. The molecule has 0 radical (unpaired) electrons. The lowest BCUT2D eigenvalue weighted by atomic mass is 10.1. The molecule has 1 aliphatic heterocycles. The first-order valence-electron chi connectivity index (χ1n) is 11.8. The van der Waals surface area contributed by atoms with E-state index in [1.165, 1.54) is 0 Å². The number of aromatic nitrogens is 2. The van der Waals surface area contributed by atoms with Crippen LogP contribution in [0.4, 0.5) is 0 Å². The van der Waals surface area contributed by atoms with Crippen LogP contribution in [-0.4, -0.2) is 47.0 Å². The summed E-state index contributed by atoms with van der Waals surface area (Å²) in [5.41, 5.74) is 2.66. The summed E-state index contributed by atoms with van der Waals surface area (Å²) in [6.07, 6.45) is 2.06. The van der Waals surface area contributed by atoms with Gasteiger partial charge in [-0.1, -0.05) is 44.2 Å². The monoisotopic (exact) mass is 463 g/mol. The van der Waals surface area contributed by atoms with Gasteiger partial charge in [0, 0.05) is 31.7 Å². The van der Waals surface area contributed by atoms with Gasteiger partial charge in [-0.05, 0) is 37.1 Å². The molecule has 0 unspecified atom stereocenters. The van der Waals surface area contributed by atoms with Gasteiger partial charge in [-0.15, -0.1) is 0 Å². The van der Waals surface area contributed by atoms with Crippen molar-refractivity contribution in [2.75, 3.05) is 20.3 Å². The molecule has 1 saturated heterocycles. The number of hydrogen-bond donors (Lipinski definition) is 0. The minimum atomic E-state index is -0.121. The molecule has 0 bridgehead atoms. The summed E-state index contributed by atoms with van der Waals surface area (Å²) in [7, 11) is 3.50. The smallest absolute Gasteiger partial charge is 0.225 e. The Morgan fingerprint density at radius 1 is 1.15 bits per heavy atom. The van der Waals surface area contributed by atoms with E-state index >= 15 is 0 Å². The van der Waals surface area contributed by atoms with Gasteiger partial charge in [0.25, 0.3) is 0 Å². The van der Waals surface area contributed by atoms with Crippen LogP contribution in [0.5, 0.6) is 17.4 Å². The number of aryl methyl sites for hydroxylation is 1. The molecular weight excluding hydrogens is 430 g/mol. The third-order valence-electron chi connectivity index (χ3n) is 6.01. The van der Waals surface area contributed by atoms with Gasteiger partial charge in [-0.3, -0.25) is 4.79 Å². The molecule has 7 heteroatoms. The van der Waals surface area contributed by atoms with Crippen molar-refractivity contribution < 1.29 is 19.0 Å². The molecule has 0 spiro atoms. The largest absolute Gasteiger partial charge is 0.497 e. The fraction of sp³-hybridized carbons (Fsp3) is 0.407. The Morgan fingerprint density at radius 2 is 1.85 bits per heavy atom. The number of benzene rings is 2. The first-order valence-corrected chi connectivity index (χ1v) is 11.8. The van der Waals surface area contributed by atoms with Crippen molar-refractivity contribution in [1.29, 1.82) is 0 Å². The van der Waals surface area contributed by atoms with E-state index in [4.69, 9.17) is 19.3 Å². The Balaban J connectivity index is 1.72. The van der Waals surface area contributed by atoms with Gasteiger partial charge in [0.1, 0.15) is 17.2 Å². The number of hydrogen-bond acceptors (Lipinski definition) is 5. The van der Waals surface area contributed by atoms with Crippen molar-refractivity contribution in [3.05, 3.63) is 60.2 Å². The Bertz CT molecular complexity index is 1090. The number of carbonyl (C=O) groups is 1. The van der Waals surface area contributed by atoms with E-state index in [1.54, 1.807) is 11.8 Å². The summed E-state index contributed by atoms with van der Waals surface area (Å²) in [5.74, 6) is 2.01. The van der Waals surface area contributed by atoms with Gasteiger partial charge in [-0.25, -0.2) is 4.68 Å². The second kappa shape index (κ2) is 10.7. The van der Waals surface area contributed by atoms with E-state index in [1.807, 2.05) is 80.4 Å². The van der Waals surface area contributed by atoms with Gasteiger partial charge in [0.05, 0.1) is 25.3 Å². The highest BCUT2D eigenvalue weighted by atomic mass is 16.5. The third-order valence-corrected chi connectivity index (χ3v) is 6.01. The molecule has 4 rings (SSSR count). The van der Waals surface area contributed by atoms with Crippen molar-refractivity contribution in [1.82, 2.24) is 14.7 Å². The summed E-state index contributed by atoms with van der Waals surface area (Å²) < 4.78 is 19.2. The predicted octanol–water partition coefficient (Wildman–Crippen LogP) is 5.05. The van der Waals surface area contributed by atoms with Crippen LogP contribution in [0.25, 0.3) is 11.3 Å². The van der Waals surface area contributed by atoms with E-state index in [0.29, 0.717) is 24.7 Å². The molecule has 2 heterocycles. The van der Waals surface area contributed by atoms with Crippen LogP contribution in [0.1, 0.15) is 32.3 Å². The third kappa shape index (κ3) is 5.42. The number of nitrogens with zero attached hydrogens (tertiary/aromatic N) is 3. The lowest BCUT2D eigenvalue weighted by Crippen LogP contribution is -2.39. The molecule has 2 aromatic carbocycles. The molecule has 180 valence electrons. The van der Waals surface area contributed by atoms with Crippen LogP contribution in [0.3, 0.4) is 0 Å². The van der Waals surface area contributed by atoms with Crippen LogP contribution >= 0.6 is 0 Å². The van der Waals surface area contributed by atoms with Crippen molar-refractivity contribution in [3.8, 4) is 28.6 Å². The number of amides is 1. The molecule has 0 aliphatic carbocycles. The quantitative estimate of drug-likeness (QED) is 0.444. The van der Waals surface area contributed by atoms with Crippen molar-refractivity contribution >= 4 is 5.91 Å². The maximum atomic E-state index is 13.2. The maximum absolute atomic E-state index is 13.2. The molecule has 1 amide bonds. The molecule has 1 aliphatic rings. The van der Waals surface area contributed by atoms with E-state index in [0.717, 1.165) is 42.0 Å². The SMILES string of the molecule is COc1ccc(Oc2c(CN(C[C@@H]3CCCO3)C(=O)C(C)C)c(-c3ccccc3)nn2C)cc1. The summed E-state index contributed by atoms with van der Waals surface area (Å²) in [5, 5.41) is 4.80. The minimum absolute atomic E-state index is 0.0607.